The van der Waals surface area contributed by atoms with Crippen molar-refractivity contribution in [2.24, 2.45) is 0 Å². The summed E-state index contributed by atoms with van der Waals surface area (Å²) < 4.78 is 37.4. The van der Waals surface area contributed by atoms with Gasteiger partial charge in [-0.05, 0) is 24.3 Å². The molecular weight excluding hydrogens is 308 g/mol. The number of nitrogens with zero attached hydrogens (tertiary/aromatic N) is 1. The lowest BCUT2D eigenvalue weighted by Crippen LogP contribution is -2.28. The van der Waals surface area contributed by atoms with Crippen LogP contribution in [0.3, 0.4) is 0 Å². The van der Waals surface area contributed by atoms with Crippen molar-refractivity contribution < 1.29 is 27.8 Å². The highest BCUT2D eigenvalue weighted by Gasteiger charge is 2.30. The summed E-state index contributed by atoms with van der Waals surface area (Å²) in [6, 6.07) is 3.27. The quantitative estimate of drug-likeness (QED) is 0.801. The highest BCUT2D eigenvalue weighted by Crippen LogP contribution is 2.30. The van der Waals surface area contributed by atoms with Crippen molar-refractivity contribution in [2.45, 2.75) is 0 Å². The van der Waals surface area contributed by atoms with Crippen LogP contribution in [0.15, 0.2) is 53.9 Å². The Labute approximate surface area is 131 Å². The molecule has 5 nitrogen and oxygen atoms in total. The summed E-state index contributed by atoms with van der Waals surface area (Å²) in [5.41, 5.74) is -1.05. The second-order valence-electron chi connectivity index (χ2n) is 4.39. The maximum Gasteiger partial charge on any atom is 0.355 e. The first-order chi connectivity index (χ1) is 11.0. The number of benzene rings is 1. The molecule has 1 aliphatic heterocycles. The summed E-state index contributed by atoms with van der Waals surface area (Å²) in [6.45, 7) is 0. The Kier molecular flexibility index (Phi) is 4.90. The van der Waals surface area contributed by atoms with E-state index in [0.717, 1.165) is 31.3 Å². The van der Waals surface area contributed by atoms with Gasteiger partial charge in [-0.3, -0.25) is 0 Å². The van der Waals surface area contributed by atoms with Crippen molar-refractivity contribution in [3.05, 3.63) is 65.5 Å². The van der Waals surface area contributed by atoms with Gasteiger partial charge in [-0.15, -0.1) is 0 Å². The molecule has 0 saturated carbocycles. The average molecular weight is 321 g/mol. The summed E-state index contributed by atoms with van der Waals surface area (Å²) in [5.74, 6) is -3.58. The predicted octanol–water partition coefficient (Wildman–Crippen LogP) is 2.45. The number of anilines is 1. The smallest absolute Gasteiger partial charge is 0.355 e. The van der Waals surface area contributed by atoms with Crippen molar-refractivity contribution >= 4 is 17.6 Å². The molecule has 0 N–H and O–H groups in total. The van der Waals surface area contributed by atoms with Crippen LogP contribution in [0.2, 0.25) is 0 Å². The molecule has 0 atom stereocenters. The molecule has 23 heavy (non-hydrogen) atoms. The molecule has 1 aromatic carbocycles. The number of rotatable bonds is 3. The number of carbonyl (C=O) groups excluding carboxylic acids is 2. The molecule has 1 aliphatic rings. The molecular formula is C16H13F2NO4. The Bertz CT molecular complexity index is 717. The van der Waals surface area contributed by atoms with Gasteiger partial charge in [0.25, 0.3) is 0 Å². The Morgan fingerprint density at radius 3 is 2.17 bits per heavy atom. The lowest BCUT2D eigenvalue weighted by molar-refractivity contribution is -0.139. The molecule has 1 aromatic rings. The summed E-state index contributed by atoms with van der Waals surface area (Å²) in [4.78, 5) is 25.0. The van der Waals surface area contributed by atoms with Gasteiger partial charge < -0.3 is 14.4 Å². The Hall–Kier alpha value is -2.96. The van der Waals surface area contributed by atoms with Gasteiger partial charge in [0.2, 0.25) is 0 Å². The van der Waals surface area contributed by atoms with Crippen molar-refractivity contribution in [1.29, 1.82) is 0 Å². The molecule has 0 fully saturated rings. The van der Waals surface area contributed by atoms with E-state index in [4.69, 9.17) is 0 Å². The van der Waals surface area contributed by atoms with E-state index in [2.05, 4.69) is 9.47 Å². The van der Waals surface area contributed by atoms with Crippen LogP contribution in [0.1, 0.15) is 0 Å². The number of para-hydroxylation sites is 1. The third-order valence-corrected chi connectivity index (χ3v) is 3.07. The topological polar surface area (TPSA) is 55.8 Å². The normalized spacial score (nSPS) is 13.8. The van der Waals surface area contributed by atoms with E-state index in [9.17, 15) is 18.4 Å². The van der Waals surface area contributed by atoms with E-state index in [-0.39, 0.29) is 11.3 Å². The van der Waals surface area contributed by atoms with Crippen LogP contribution in [0.5, 0.6) is 0 Å². The monoisotopic (exact) mass is 321 g/mol. The first-order valence-corrected chi connectivity index (χ1v) is 6.50. The number of esters is 2. The van der Waals surface area contributed by atoms with Crippen LogP contribution in [-0.2, 0) is 19.1 Å². The minimum Gasteiger partial charge on any atom is -0.465 e. The van der Waals surface area contributed by atoms with E-state index >= 15 is 0 Å². The second-order valence-corrected chi connectivity index (χ2v) is 4.39. The first-order valence-electron chi connectivity index (χ1n) is 6.50. The second kappa shape index (κ2) is 6.87. The molecule has 0 amide bonds. The van der Waals surface area contributed by atoms with Gasteiger partial charge in [0, 0.05) is 6.20 Å². The summed E-state index contributed by atoms with van der Waals surface area (Å²) >= 11 is 0. The van der Waals surface area contributed by atoms with Crippen LogP contribution in [-0.4, -0.2) is 26.2 Å². The predicted molar refractivity (Wildman–Crippen MR) is 78.2 cm³/mol. The van der Waals surface area contributed by atoms with Gasteiger partial charge in [-0.25, -0.2) is 18.4 Å². The molecule has 0 aromatic heterocycles. The average Bonchev–Trinajstić information content (AvgIpc) is 2.76. The van der Waals surface area contributed by atoms with Gasteiger partial charge >= 0.3 is 11.9 Å². The first kappa shape index (κ1) is 16.4. The fraction of sp³-hybridized carbons (Fsp3) is 0.125. The van der Waals surface area contributed by atoms with Gasteiger partial charge in [0.15, 0.2) is 0 Å². The largest absolute Gasteiger partial charge is 0.465 e. The lowest BCUT2D eigenvalue weighted by atomic mass is 10.1. The molecule has 0 radical (unpaired) electrons. The van der Waals surface area contributed by atoms with E-state index in [1.54, 1.807) is 0 Å². The zero-order valence-electron chi connectivity index (χ0n) is 12.4. The lowest BCUT2D eigenvalue weighted by Gasteiger charge is -2.23. The van der Waals surface area contributed by atoms with E-state index in [1.165, 1.54) is 30.5 Å². The van der Waals surface area contributed by atoms with Crippen LogP contribution >= 0.6 is 0 Å². The molecule has 0 bridgehead atoms. The molecule has 0 saturated heterocycles. The molecule has 1 heterocycles. The summed E-state index contributed by atoms with van der Waals surface area (Å²) in [6.07, 6.45) is 5.41. The zero-order chi connectivity index (χ0) is 17.0. The highest BCUT2D eigenvalue weighted by atomic mass is 19.1. The molecule has 0 spiro atoms. The van der Waals surface area contributed by atoms with Crippen LogP contribution in [0.4, 0.5) is 14.5 Å². The highest BCUT2D eigenvalue weighted by molar-refractivity contribution is 6.05. The number of carbonyl (C=O) groups is 2. The van der Waals surface area contributed by atoms with Crippen LogP contribution < -0.4 is 4.90 Å². The fourth-order valence-corrected chi connectivity index (χ4v) is 2.06. The maximum absolute atomic E-state index is 14.1. The van der Waals surface area contributed by atoms with Crippen molar-refractivity contribution in [3.8, 4) is 0 Å². The van der Waals surface area contributed by atoms with Crippen LogP contribution in [0.25, 0.3) is 0 Å². The van der Waals surface area contributed by atoms with Gasteiger partial charge in [0.05, 0.1) is 19.8 Å². The third-order valence-electron chi connectivity index (χ3n) is 3.07. The number of halogens is 2. The standard InChI is InChI=1S/C16H13F2NO4/c1-22-15(20)10-6-3-4-9-19(13(10)16(21)23-2)14-11(17)7-5-8-12(14)18/h3-9H,1-2H3. The van der Waals surface area contributed by atoms with Crippen molar-refractivity contribution in [2.75, 3.05) is 19.1 Å². The van der Waals surface area contributed by atoms with Gasteiger partial charge in [-0.1, -0.05) is 12.1 Å². The number of ether oxygens (including phenoxy) is 2. The molecule has 0 unspecified atom stereocenters. The van der Waals surface area contributed by atoms with Gasteiger partial charge in [-0.2, -0.15) is 0 Å². The third kappa shape index (κ3) is 3.13. The Morgan fingerprint density at radius 2 is 1.61 bits per heavy atom. The Balaban J connectivity index is 2.74. The summed E-state index contributed by atoms with van der Waals surface area (Å²) in [5, 5.41) is 0. The van der Waals surface area contributed by atoms with E-state index in [1.807, 2.05) is 0 Å². The molecule has 7 heteroatoms. The molecule has 0 aliphatic carbocycles. The SMILES string of the molecule is COC(=O)C1=C(C(=O)OC)N(c2c(F)cccc2F)C=CC=C1. The molecule has 2 rings (SSSR count). The summed E-state index contributed by atoms with van der Waals surface area (Å²) in [7, 11) is 2.23. The van der Waals surface area contributed by atoms with Crippen molar-refractivity contribution in [3.63, 3.8) is 0 Å². The fourth-order valence-electron chi connectivity index (χ4n) is 2.06. The minimum atomic E-state index is -0.941. The number of hydrogen-bond donors (Lipinski definition) is 0. The maximum atomic E-state index is 14.1. The zero-order valence-corrected chi connectivity index (χ0v) is 12.4. The molecule has 120 valence electrons. The minimum absolute atomic E-state index is 0.188. The Morgan fingerprint density at radius 1 is 1.00 bits per heavy atom. The van der Waals surface area contributed by atoms with Crippen LogP contribution in [0, 0.1) is 11.6 Å². The van der Waals surface area contributed by atoms with Crippen molar-refractivity contribution in [1.82, 2.24) is 0 Å². The van der Waals surface area contributed by atoms with E-state index < -0.39 is 29.3 Å². The van der Waals surface area contributed by atoms with E-state index in [0.29, 0.717) is 0 Å². The number of allylic oxidation sites excluding steroid dienone is 2. The van der Waals surface area contributed by atoms with Gasteiger partial charge in [0.1, 0.15) is 23.0 Å². The number of methoxy groups -OCH3 is 2. The number of hydrogen-bond acceptors (Lipinski definition) is 5.